The Labute approximate surface area is 125 Å². The van der Waals surface area contributed by atoms with E-state index in [0.717, 1.165) is 0 Å². The summed E-state index contributed by atoms with van der Waals surface area (Å²) in [6.07, 6.45) is -0.481. The highest BCUT2D eigenvalue weighted by atomic mass is 19.1. The van der Waals surface area contributed by atoms with E-state index in [-0.39, 0.29) is 17.9 Å². The lowest BCUT2D eigenvalue weighted by Gasteiger charge is -2.31. The first-order valence-corrected chi connectivity index (χ1v) is 6.67. The molecule has 0 spiro atoms. The van der Waals surface area contributed by atoms with Gasteiger partial charge in [-0.1, -0.05) is 11.3 Å². The van der Waals surface area contributed by atoms with Crippen molar-refractivity contribution in [1.82, 2.24) is 25.5 Å². The van der Waals surface area contributed by atoms with Gasteiger partial charge in [-0.25, -0.2) is 4.39 Å². The summed E-state index contributed by atoms with van der Waals surface area (Å²) in [5, 5.41) is 13.5. The molecule has 9 heteroatoms. The molecule has 1 amide bonds. The van der Waals surface area contributed by atoms with Crippen LogP contribution < -0.4 is 4.74 Å². The van der Waals surface area contributed by atoms with Gasteiger partial charge in [-0.3, -0.25) is 4.79 Å². The molecule has 1 aromatic heterocycles. The number of carbonyl (C=O) groups excluding carboxylic acids is 1. The normalized spacial score (nSPS) is 18.3. The van der Waals surface area contributed by atoms with E-state index >= 15 is 0 Å². The summed E-state index contributed by atoms with van der Waals surface area (Å²) in [6.45, 7) is 0.912. The van der Waals surface area contributed by atoms with Gasteiger partial charge in [-0.2, -0.15) is 5.21 Å². The zero-order chi connectivity index (χ0) is 15.5. The SMILES string of the molecule is COc1cccc(C(=O)N2CCOC(c3nn[nH]n3)C2)c1F. The third kappa shape index (κ3) is 2.62. The number of halogens is 1. The molecule has 1 saturated heterocycles. The Morgan fingerprint density at radius 2 is 2.41 bits per heavy atom. The van der Waals surface area contributed by atoms with Crippen molar-refractivity contribution in [2.45, 2.75) is 6.10 Å². The summed E-state index contributed by atoms with van der Waals surface area (Å²) in [4.78, 5) is 14.0. The molecule has 1 atom stereocenters. The molecule has 0 saturated carbocycles. The monoisotopic (exact) mass is 307 g/mol. The number of rotatable bonds is 3. The van der Waals surface area contributed by atoms with E-state index in [1.54, 1.807) is 6.07 Å². The predicted molar refractivity (Wildman–Crippen MR) is 71.7 cm³/mol. The number of hydrogen-bond acceptors (Lipinski definition) is 6. The van der Waals surface area contributed by atoms with Crippen LogP contribution in [0, 0.1) is 5.82 Å². The molecule has 1 unspecified atom stereocenters. The maximum Gasteiger partial charge on any atom is 0.257 e. The molecule has 0 radical (unpaired) electrons. The Kier molecular flexibility index (Phi) is 3.96. The molecule has 116 valence electrons. The first kappa shape index (κ1) is 14.4. The number of ether oxygens (including phenoxy) is 2. The van der Waals surface area contributed by atoms with Crippen molar-refractivity contribution in [3.8, 4) is 5.75 Å². The number of carbonyl (C=O) groups is 1. The minimum absolute atomic E-state index is 0.0342. The van der Waals surface area contributed by atoms with Crippen LogP contribution >= 0.6 is 0 Å². The highest BCUT2D eigenvalue weighted by Crippen LogP contribution is 2.24. The molecule has 0 bridgehead atoms. The topological polar surface area (TPSA) is 93.2 Å². The molecule has 2 heterocycles. The number of morpholine rings is 1. The molecule has 22 heavy (non-hydrogen) atoms. The highest BCUT2D eigenvalue weighted by molar-refractivity contribution is 5.95. The van der Waals surface area contributed by atoms with Gasteiger partial charge in [0.1, 0.15) is 6.10 Å². The number of amides is 1. The van der Waals surface area contributed by atoms with Crippen molar-refractivity contribution in [3.63, 3.8) is 0 Å². The fraction of sp³-hybridized carbons (Fsp3) is 0.385. The van der Waals surface area contributed by atoms with E-state index in [4.69, 9.17) is 9.47 Å². The first-order valence-electron chi connectivity index (χ1n) is 6.67. The Bertz CT molecular complexity index is 664. The smallest absolute Gasteiger partial charge is 0.257 e. The fourth-order valence-corrected chi connectivity index (χ4v) is 2.30. The zero-order valence-electron chi connectivity index (χ0n) is 11.8. The third-order valence-corrected chi connectivity index (χ3v) is 3.42. The van der Waals surface area contributed by atoms with E-state index in [9.17, 15) is 9.18 Å². The van der Waals surface area contributed by atoms with Crippen LogP contribution in [0.3, 0.4) is 0 Å². The van der Waals surface area contributed by atoms with Crippen molar-refractivity contribution in [2.75, 3.05) is 26.8 Å². The molecule has 3 rings (SSSR count). The lowest BCUT2D eigenvalue weighted by molar-refractivity contribution is -0.0269. The van der Waals surface area contributed by atoms with E-state index < -0.39 is 17.8 Å². The van der Waals surface area contributed by atoms with Crippen LogP contribution in [-0.2, 0) is 4.74 Å². The van der Waals surface area contributed by atoms with E-state index in [2.05, 4.69) is 20.6 Å². The summed E-state index contributed by atoms with van der Waals surface area (Å²) >= 11 is 0. The molecular formula is C13H14FN5O3. The molecule has 8 nitrogen and oxygen atoms in total. The molecule has 2 aromatic rings. The lowest BCUT2D eigenvalue weighted by Crippen LogP contribution is -2.42. The zero-order valence-corrected chi connectivity index (χ0v) is 11.8. The number of benzene rings is 1. The summed E-state index contributed by atoms with van der Waals surface area (Å²) in [5.41, 5.74) is -0.0342. The van der Waals surface area contributed by atoms with E-state index in [1.807, 2.05) is 0 Å². The van der Waals surface area contributed by atoms with Gasteiger partial charge in [0.2, 0.25) is 5.82 Å². The van der Waals surface area contributed by atoms with Gasteiger partial charge in [0, 0.05) is 6.54 Å². The Morgan fingerprint density at radius 1 is 1.55 bits per heavy atom. The average Bonchev–Trinajstić information content (AvgIpc) is 3.09. The fourth-order valence-electron chi connectivity index (χ4n) is 2.30. The van der Waals surface area contributed by atoms with Gasteiger partial charge in [0.05, 0.1) is 25.8 Å². The van der Waals surface area contributed by atoms with Crippen molar-refractivity contribution in [1.29, 1.82) is 0 Å². The number of hydrogen-bond donors (Lipinski definition) is 1. The second-order valence-corrected chi connectivity index (χ2v) is 4.70. The third-order valence-electron chi connectivity index (χ3n) is 3.42. The number of nitrogens with one attached hydrogen (secondary N) is 1. The molecule has 1 aliphatic rings. The standard InChI is InChI=1S/C13H14FN5O3/c1-21-9-4-2-3-8(11(9)14)13(20)19-5-6-22-10(7-19)12-15-17-18-16-12/h2-4,10H,5-7H2,1H3,(H,15,16,17,18). The summed E-state index contributed by atoms with van der Waals surface area (Å²) in [6, 6.07) is 4.47. The van der Waals surface area contributed by atoms with Gasteiger partial charge in [0.15, 0.2) is 11.6 Å². The van der Waals surface area contributed by atoms with Gasteiger partial charge < -0.3 is 14.4 Å². The maximum atomic E-state index is 14.2. The molecule has 1 fully saturated rings. The first-order chi connectivity index (χ1) is 10.7. The summed E-state index contributed by atoms with van der Waals surface area (Å²) in [7, 11) is 1.35. The number of nitrogens with zero attached hydrogens (tertiary/aromatic N) is 4. The van der Waals surface area contributed by atoms with Crippen molar-refractivity contribution in [2.24, 2.45) is 0 Å². The quantitative estimate of drug-likeness (QED) is 0.890. The number of aromatic amines is 1. The second-order valence-electron chi connectivity index (χ2n) is 4.70. The minimum Gasteiger partial charge on any atom is -0.494 e. The second kappa shape index (κ2) is 6.06. The van der Waals surface area contributed by atoms with Gasteiger partial charge in [-0.05, 0) is 12.1 Å². The van der Waals surface area contributed by atoms with Crippen LogP contribution in [0.1, 0.15) is 22.3 Å². The lowest BCUT2D eigenvalue weighted by atomic mass is 10.1. The van der Waals surface area contributed by atoms with Crippen LogP contribution in [0.2, 0.25) is 0 Å². The minimum atomic E-state index is -0.669. The average molecular weight is 307 g/mol. The summed E-state index contributed by atoms with van der Waals surface area (Å²) in [5.74, 6) is -0.691. The maximum absolute atomic E-state index is 14.2. The Hall–Kier alpha value is -2.55. The largest absolute Gasteiger partial charge is 0.494 e. The Balaban J connectivity index is 1.80. The van der Waals surface area contributed by atoms with Gasteiger partial charge in [0.25, 0.3) is 5.91 Å². The number of methoxy groups -OCH3 is 1. The molecule has 0 aliphatic carbocycles. The van der Waals surface area contributed by atoms with Crippen LogP contribution in [0.5, 0.6) is 5.75 Å². The van der Waals surface area contributed by atoms with Crippen molar-refractivity contribution >= 4 is 5.91 Å². The number of tetrazole rings is 1. The van der Waals surface area contributed by atoms with Crippen molar-refractivity contribution < 1.29 is 18.7 Å². The van der Waals surface area contributed by atoms with Gasteiger partial charge >= 0.3 is 0 Å². The van der Waals surface area contributed by atoms with Crippen LogP contribution in [0.4, 0.5) is 4.39 Å². The van der Waals surface area contributed by atoms with Crippen LogP contribution in [-0.4, -0.2) is 58.2 Å². The van der Waals surface area contributed by atoms with Gasteiger partial charge in [-0.15, -0.1) is 10.2 Å². The van der Waals surface area contributed by atoms with E-state index in [1.165, 1.54) is 24.1 Å². The number of H-pyrrole nitrogens is 1. The molecule has 1 aromatic carbocycles. The molecule has 1 N–H and O–H groups in total. The van der Waals surface area contributed by atoms with Crippen LogP contribution in [0.15, 0.2) is 18.2 Å². The molecule has 1 aliphatic heterocycles. The predicted octanol–water partition coefficient (Wildman–Crippen LogP) is 0.561. The Morgan fingerprint density at radius 3 is 3.14 bits per heavy atom. The summed E-state index contributed by atoms with van der Waals surface area (Å²) < 4.78 is 24.6. The molecular weight excluding hydrogens is 293 g/mol. The van der Waals surface area contributed by atoms with Crippen LogP contribution in [0.25, 0.3) is 0 Å². The van der Waals surface area contributed by atoms with E-state index in [0.29, 0.717) is 19.0 Å². The highest BCUT2D eigenvalue weighted by Gasteiger charge is 2.30. The number of aromatic nitrogens is 4. The van der Waals surface area contributed by atoms with Crippen molar-refractivity contribution in [3.05, 3.63) is 35.4 Å².